The zero-order valence-electron chi connectivity index (χ0n) is 14.6. The molecule has 8 heteroatoms. The fourth-order valence-corrected chi connectivity index (χ4v) is 2.14. The Hall–Kier alpha value is -3.03. The number of ether oxygens (including phenoxy) is 3. The average Bonchev–Trinajstić information content (AvgIpc) is 3.07. The number of hydrogen-bond donors (Lipinski definition) is 1. The second-order valence-corrected chi connectivity index (χ2v) is 5.48. The summed E-state index contributed by atoms with van der Waals surface area (Å²) in [5, 5.41) is 6.77. The van der Waals surface area contributed by atoms with E-state index in [1.807, 2.05) is 13.8 Å². The van der Waals surface area contributed by atoms with Crippen molar-refractivity contribution in [3.05, 3.63) is 36.0 Å². The first-order valence-corrected chi connectivity index (χ1v) is 7.68. The maximum atomic E-state index is 12.1. The van der Waals surface area contributed by atoms with Crippen LogP contribution in [-0.2, 0) is 9.53 Å². The van der Waals surface area contributed by atoms with Gasteiger partial charge in [-0.25, -0.2) is 9.48 Å². The summed E-state index contributed by atoms with van der Waals surface area (Å²) in [6, 6.07) is 6.42. The minimum Gasteiger partial charge on any atom is -0.497 e. The van der Waals surface area contributed by atoms with Crippen LogP contribution in [0.2, 0.25) is 0 Å². The number of hydrogen-bond acceptors (Lipinski definition) is 6. The Labute approximate surface area is 145 Å². The Balaban J connectivity index is 1.97. The first-order chi connectivity index (χ1) is 11.9. The number of methoxy groups -OCH3 is 2. The highest BCUT2D eigenvalue weighted by Crippen LogP contribution is 2.23. The highest BCUT2D eigenvalue weighted by atomic mass is 16.5. The van der Waals surface area contributed by atoms with Gasteiger partial charge in [0.25, 0.3) is 5.91 Å². The van der Waals surface area contributed by atoms with Crippen molar-refractivity contribution >= 4 is 17.7 Å². The molecule has 0 aliphatic heterocycles. The van der Waals surface area contributed by atoms with Gasteiger partial charge in [-0.2, -0.15) is 5.10 Å². The standard InChI is InChI=1S/C17H21N3O5/c1-11(2)20-15(5-6-18-20)19-16(21)10-25-17(22)12-7-13(23-3)9-14(8-12)24-4/h5-9,11H,10H2,1-4H3,(H,19,21). The van der Waals surface area contributed by atoms with Crippen molar-refractivity contribution < 1.29 is 23.8 Å². The molecular weight excluding hydrogens is 326 g/mol. The van der Waals surface area contributed by atoms with Gasteiger partial charge in [-0.3, -0.25) is 4.79 Å². The fraction of sp³-hybridized carbons (Fsp3) is 0.353. The van der Waals surface area contributed by atoms with E-state index in [1.165, 1.54) is 26.4 Å². The third-order valence-corrected chi connectivity index (χ3v) is 3.35. The molecule has 0 aliphatic carbocycles. The first kappa shape index (κ1) is 18.3. The summed E-state index contributed by atoms with van der Waals surface area (Å²) in [5.74, 6) is 0.350. The number of amides is 1. The molecule has 2 rings (SSSR count). The molecule has 0 saturated heterocycles. The largest absolute Gasteiger partial charge is 0.497 e. The van der Waals surface area contributed by atoms with Crippen LogP contribution in [0.3, 0.4) is 0 Å². The van der Waals surface area contributed by atoms with Gasteiger partial charge in [0.15, 0.2) is 6.61 Å². The van der Waals surface area contributed by atoms with Crippen LogP contribution < -0.4 is 14.8 Å². The molecule has 0 bridgehead atoms. The van der Waals surface area contributed by atoms with Crippen LogP contribution in [0.25, 0.3) is 0 Å². The van der Waals surface area contributed by atoms with Crippen LogP contribution in [-0.4, -0.2) is 42.5 Å². The Kier molecular flexibility index (Phi) is 5.99. The molecule has 0 atom stereocenters. The predicted molar refractivity (Wildman–Crippen MR) is 91.1 cm³/mol. The smallest absolute Gasteiger partial charge is 0.338 e. The van der Waals surface area contributed by atoms with E-state index in [-0.39, 0.29) is 11.6 Å². The van der Waals surface area contributed by atoms with Crippen LogP contribution >= 0.6 is 0 Å². The molecule has 2 aromatic rings. The molecule has 0 fully saturated rings. The molecule has 0 saturated carbocycles. The molecule has 1 N–H and O–H groups in total. The van der Waals surface area contributed by atoms with Crippen molar-refractivity contribution in [2.45, 2.75) is 19.9 Å². The molecule has 1 aromatic heterocycles. The third-order valence-electron chi connectivity index (χ3n) is 3.35. The first-order valence-electron chi connectivity index (χ1n) is 7.68. The quantitative estimate of drug-likeness (QED) is 0.773. The zero-order valence-corrected chi connectivity index (χ0v) is 14.6. The van der Waals surface area contributed by atoms with E-state index in [9.17, 15) is 9.59 Å². The molecule has 1 aromatic carbocycles. The van der Waals surface area contributed by atoms with E-state index in [2.05, 4.69) is 10.4 Å². The number of nitrogens with zero attached hydrogens (tertiary/aromatic N) is 2. The minimum absolute atomic E-state index is 0.0945. The van der Waals surface area contributed by atoms with Crippen LogP contribution in [0.1, 0.15) is 30.2 Å². The van der Waals surface area contributed by atoms with E-state index < -0.39 is 18.5 Å². The fourth-order valence-electron chi connectivity index (χ4n) is 2.14. The van der Waals surface area contributed by atoms with Crippen LogP contribution in [0.15, 0.2) is 30.5 Å². The van der Waals surface area contributed by atoms with Crippen molar-refractivity contribution in [1.29, 1.82) is 0 Å². The molecule has 8 nitrogen and oxygen atoms in total. The molecular formula is C17H21N3O5. The Morgan fingerprint density at radius 1 is 1.16 bits per heavy atom. The summed E-state index contributed by atoms with van der Waals surface area (Å²) < 4.78 is 16.9. The summed E-state index contributed by atoms with van der Waals surface area (Å²) >= 11 is 0. The number of esters is 1. The average molecular weight is 347 g/mol. The molecule has 134 valence electrons. The number of aromatic nitrogens is 2. The van der Waals surface area contributed by atoms with Crippen molar-refractivity contribution in [3.63, 3.8) is 0 Å². The summed E-state index contributed by atoms with van der Waals surface area (Å²) in [4.78, 5) is 24.1. The zero-order chi connectivity index (χ0) is 18.4. The number of carbonyl (C=O) groups excluding carboxylic acids is 2. The second kappa shape index (κ2) is 8.18. The van der Waals surface area contributed by atoms with Gasteiger partial charge in [0.2, 0.25) is 0 Å². The lowest BCUT2D eigenvalue weighted by atomic mass is 10.2. The van der Waals surface area contributed by atoms with Crippen LogP contribution in [0.4, 0.5) is 5.82 Å². The molecule has 0 aliphatic rings. The topological polar surface area (TPSA) is 91.7 Å². The van der Waals surface area contributed by atoms with Crippen molar-refractivity contribution in [2.24, 2.45) is 0 Å². The van der Waals surface area contributed by atoms with E-state index >= 15 is 0 Å². The number of nitrogens with one attached hydrogen (secondary N) is 1. The van der Waals surface area contributed by atoms with Gasteiger partial charge in [0.1, 0.15) is 17.3 Å². The van der Waals surface area contributed by atoms with Gasteiger partial charge in [-0.05, 0) is 26.0 Å². The monoisotopic (exact) mass is 347 g/mol. The summed E-state index contributed by atoms with van der Waals surface area (Å²) in [5.41, 5.74) is 0.233. The number of benzene rings is 1. The van der Waals surface area contributed by atoms with Crippen molar-refractivity contribution in [3.8, 4) is 11.5 Å². The minimum atomic E-state index is -0.648. The molecule has 0 radical (unpaired) electrons. The maximum absolute atomic E-state index is 12.1. The van der Waals surface area contributed by atoms with Gasteiger partial charge in [-0.15, -0.1) is 0 Å². The lowest BCUT2D eigenvalue weighted by Crippen LogP contribution is -2.23. The molecule has 0 spiro atoms. The number of rotatable bonds is 7. The summed E-state index contributed by atoms with van der Waals surface area (Å²) in [6.07, 6.45) is 1.59. The van der Waals surface area contributed by atoms with Crippen LogP contribution in [0.5, 0.6) is 11.5 Å². The normalized spacial score (nSPS) is 10.4. The van der Waals surface area contributed by atoms with Gasteiger partial charge in [0.05, 0.1) is 26.0 Å². The summed E-state index contributed by atoms with van der Waals surface area (Å²) in [7, 11) is 2.96. The highest BCUT2D eigenvalue weighted by Gasteiger charge is 2.15. The van der Waals surface area contributed by atoms with E-state index in [0.717, 1.165) is 0 Å². The van der Waals surface area contributed by atoms with E-state index in [0.29, 0.717) is 17.3 Å². The second-order valence-electron chi connectivity index (χ2n) is 5.48. The van der Waals surface area contributed by atoms with Gasteiger partial charge < -0.3 is 19.5 Å². The number of carbonyl (C=O) groups is 2. The SMILES string of the molecule is COc1cc(OC)cc(C(=O)OCC(=O)Nc2ccnn2C(C)C)c1. The van der Waals surface area contributed by atoms with Gasteiger partial charge in [0, 0.05) is 18.2 Å². The molecule has 0 unspecified atom stereocenters. The molecule has 25 heavy (non-hydrogen) atoms. The van der Waals surface area contributed by atoms with E-state index in [1.54, 1.807) is 23.0 Å². The van der Waals surface area contributed by atoms with Gasteiger partial charge in [-0.1, -0.05) is 0 Å². The van der Waals surface area contributed by atoms with E-state index in [4.69, 9.17) is 14.2 Å². The Morgan fingerprint density at radius 3 is 2.36 bits per heavy atom. The lowest BCUT2D eigenvalue weighted by molar-refractivity contribution is -0.119. The number of anilines is 1. The van der Waals surface area contributed by atoms with Crippen molar-refractivity contribution in [2.75, 3.05) is 26.1 Å². The van der Waals surface area contributed by atoms with Crippen LogP contribution in [0, 0.1) is 0 Å². The van der Waals surface area contributed by atoms with Crippen molar-refractivity contribution in [1.82, 2.24) is 9.78 Å². The molecule has 1 heterocycles. The van der Waals surface area contributed by atoms with Gasteiger partial charge >= 0.3 is 5.97 Å². The Morgan fingerprint density at radius 2 is 1.80 bits per heavy atom. The molecule has 1 amide bonds. The highest BCUT2D eigenvalue weighted by molar-refractivity contribution is 5.95. The lowest BCUT2D eigenvalue weighted by Gasteiger charge is -2.12. The Bertz CT molecular complexity index is 732. The summed E-state index contributed by atoms with van der Waals surface area (Å²) in [6.45, 7) is 3.47. The predicted octanol–water partition coefficient (Wildman–Crippen LogP) is 2.28. The maximum Gasteiger partial charge on any atom is 0.338 e. The third kappa shape index (κ3) is 4.72.